The highest BCUT2D eigenvalue weighted by atomic mass is 16.2. The highest BCUT2D eigenvalue weighted by Crippen LogP contribution is 2.30. The Balaban J connectivity index is 1.59. The van der Waals surface area contributed by atoms with E-state index in [4.69, 9.17) is 0 Å². The van der Waals surface area contributed by atoms with Gasteiger partial charge in [0.25, 0.3) is 5.56 Å². The van der Waals surface area contributed by atoms with E-state index in [1.165, 1.54) is 6.42 Å². The van der Waals surface area contributed by atoms with Gasteiger partial charge in [-0.25, -0.2) is 0 Å². The molecule has 8 nitrogen and oxygen atoms in total. The predicted molar refractivity (Wildman–Crippen MR) is 106 cm³/mol. The van der Waals surface area contributed by atoms with Crippen LogP contribution in [0.15, 0.2) is 35.1 Å². The second kappa shape index (κ2) is 7.84. The summed E-state index contributed by atoms with van der Waals surface area (Å²) >= 11 is 0. The summed E-state index contributed by atoms with van der Waals surface area (Å²) in [6, 6.07) is 9.36. The average Bonchev–Trinajstić information content (AvgIpc) is 2.68. The smallest absolute Gasteiger partial charge is 0.258 e. The number of rotatable bonds is 4. The molecule has 2 heterocycles. The second-order valence-electron chi connectivity index (χ2n) is 7.32. The third kappa shape index (κ3) is 3.90. The van der Waals surface area contributed by atoms with Gasteiger partial charge in [0.15, 0.2) is 0 Å². The van der Waals surface area contributed by atoms with Gasteiger partial charge in [0.1, 0.15) is 5.82 Å². The number of hydrogen-bond donors (Lipinski definition) is 4. The molecule has 1 aliphatic carbocycles. The van der Waals surface area contributed by atoms with Gasteiger partial charge >= 0.3 is 0 Å². The zero-order valence-electron chi connectivity index (χ0n) is 15.5. The Morgan fingerprint density at radius 3 is 2.57 bits per heavy atom. The molecule has 4 N–H and O–H groups in total. The van der Waals surface area contributed by atoms with Crippen molar-refractivity contribution in [3.8, 4) is 0 Å². The van der Waals surface area contributed by atoms with Crippen LogP contribution in [0.25, 0.3) is 0 Å². The van der Waals surface area contributed by atoms with Crippen LogP contribution >= 0.6 is 0 Å². The van der Waals surface area contributed by atoms with Crippen molar-refractivity contribution in [3.63, 3.8) is 0 Å². The molecule has 28 heavy (non-hydrogen) atoms. The summed E-state index contributed by atoms with van der Waals surface area (Å²) in [5, 5.41) is 8.64. The Kier molecular flexibility index (Phi) is 5.10. The summed E-state index contributed by atoms with van der Waals surface area (Å²) in [5.41, 5.74) is 0.540. The number of aromatic nitrogens is 2. The fourth-order valence-corrected chi connectivity index (χ4v) is 3.86. The number of amides is 2. The van der Waals surface area contributed by atoms with Gasteiger partial charge in [-0.05, 0) is 25.0 Å². The molecular weight excluding hydrogens is 358 g/mol. The molecule has 0 saturated heterocycles. The number of anilines is 3. The summed E-state index contributed by atoms with van der Waals surface area (Å²) in [6.45, 7) is 0. The van der Waals surface area contributed by atoms with Crippen LogP contribution in [-0.2, 0) is 9.59 Å². The van der Waals surface area contributed by atoms with Crippen molar-refractivity contribution in [2.24, 2.45) is 0 Å². The zero-order valence-corrected chi connectivity index (χ0v) is 15.5. The molecule has 1 saturated carbocycles. The number of benzene rings is 1. The highest BCUT2D eigenvalue weighted by Gasteiger charge is 2.35. The summed E-state index contributed by atoms with van der Waals surface area (Å²) in [4.78, 5) is 44.7. The number of para-hydroxylation sites is 1. The Morgan fingerprint density at radius 1 is 1.07 bits per heavy atom. The molecule has 8 heteroatoms. The predicted octanol–water partition coefficient (Wildman–Crippen LogP) is 2.39. The molecule has 0 unspecified atom stereocenters. The normalized spacial score (nSPS) is 19.4. The van der Waals surface area contributed by atoms with E-state index in [-0.39, 0.29) is 41.6 Å². The molecule has 1 fully saturated rings. The fourth-order valence-electron chi connectivity index (χ4n) is 3.86. The van der Waals surface area contributed by atoms with Crippen molar-refractivity contribution >= 4 is 29.3 Å². The van der Waals surface area contributed by atoms with E-state index in [1.807, 2.05) is 30.3 Å². The van der Waals surface area contributed by atoms with Crippen LogP contribution in [-0.4, -0.2) is 27.8 Å². The number of fused-ring (bicyclic) bond motifs is 1. The molecule has 0 radical (unpaired) electrons. The largest absolute Gasteiger partial charge is 0.353 e. The Bertz CT molecular complexity index is 935. The fraction of sp³-hybridized carbons (Fsp3) is 0.400. The summed E-state index contributed by atoms with van der Waals surface area (Å²) in [5.74, 6) is -1.07. The summed E-state index contributed by atoms with van der Waals surface area (Å²) in [7, 11) is 0. The van der Waals surface area contributed by atoms with Gasteiger partial charge in [-0.1, -0.05) is 37.5 Å². The monoisotopic (exact) mass is 381 g/mol. The van der Waals surface area contributed by atoms with E-state index < -0.39 is 11.5 Å². The molecule has 1 aliphatic heterocycles. The molecule has 2 aromatic rings. The lowest BCUT2D eigenvalue weighted by molar-refractivity contribution is -0.127. The Labute approximate surface area is 162 Å². The van der Waals surface area contributed by atoms with Crippen LogP contribution in [0.3, 0.4) is 0 Å². The molecule has 0 spiro atoms. The number of hydrogen-bond acceptors (Lipinski definition) is 5. The zero-order chi connectivity index (χ0) is 19.5. The van der Waals surface area contributed by atoms with Gasteiger partial charge in [-0.15, -0.1) is 0 Å². The average molecular weight is 381 g/mol. The van der Waals surface area contributed by atoms with E-state index in [9.17, 15) is 14.4 Å². The first kappa shape index (κ1) is 18.2. The molecule has 0 bridgehead atoms. The van der Waals surface area contributed by atoms with Crippen LogP contribution < -0.4 is 21.5 Å². The van der Waals surface area contributed by atoms with Crippen molar-refractivity contribution in [1.82, 2.24) is 15.3 Å². The SMILES string of the molecule is O=C1C[C@@H](C(=O)NC2CCCCC2)c2c(nc(Nc3ccccc3)[nH]c2=O)N1. The minimum atomic E-state index is -0.826. The highest BCUT2D eigenvalue weighted by molar-refractivity contribution is 6.00. The van der Waals surface area contributed by atoms with Crippen LogP contribution in [0.4, 0.5) is 17.5 Å². The lowest BCUT2D eigenvalue weighted by Crippen LogP contribution is -2.43. The number of nitrogens with one attached hydrogen (secondary N) is 4. The van der Waals surface area contributed by atoms with E-state index in [0.717, 1.165) is 31.4 Å². The topological polar surface area (TPSA) is 116 Å². The maximum Gasteiger partial charge on any atom is 0.258 e. The summed E-state index contributed by atoms with van der Waals surface area (Å²) in [6.07, 6.45) is 5.17. The molecule has 1 aromatic heterocycles. The van der Waals surface area contributed by atoms with Crippen molar-refractivity contribution in [1.29, 1.82) is 0 Å². The number of aromatic amines is 1. The number of nitrogens with zero attached hydrogens (tertiary/aromatic N) is 1. The van der Waals surface area contributed by atoms with Crippen LogP contribution in [0, 0.1) is 0 Å². The minimum Gasteiger partial charge on any atom is -0.353 e. The first-order valence-corrected chi connectivity index (χ1v) is 9.66. The third-order valence-electron chi connectivity index (χ3n) is 5.26. The van der Waals surface area contributed by atoms with Gasteiger partial charge in [-0.3, -0.25) is 19.4 Å². The molecule has 2 aliphatic rings. The van der Waals surface area contributed by atoms with E-state index in [1.54, 1.807) is 0 Å². The number of carbonyl (C=O) groups excluding carboxylic acids is 2. The van der Waals surface area contributed by atoms with Crippen LogP contribution in [0.5, 0.6) is 0 Å². The minimum absolute atomic E-state index is 0.0538. The van der Waals surface area contributed by atoms with Crippen molar-refractivity contribution in [2.45, 2.75) is 50.5 Å². The maximum atomic E-state index is 12.8. The van der Waals surface area contributed by atoms with Crippen LogP contribution in [0.1, 0.15) is 50.0 Å². The lowest BCUT2D eigenvalue weighted by atomic mass is 9.90. The van der Waals surface area contributed by atoms with Gasteiger partial charge in [0, 0.05) is 18.2 Å². The van der Waals surface area contributed by atoms with E-state index in [0.29, 0.717) is 0 Å². The van der Waals surface area contributed by atoms with Gasteiger partial charge in [-0.2, -0.15) is 4.98 Å². The molecule has 1 atom stereocenters. The Morgan fingerprint density at radius 2 is 1.82 bits per heavy atom. The molecule has 2 amide bonds. The van der Waals surface area contributed by atoms with Crippen molar-refractivity contribution in [2.75, 3.05) is 10.6 Å². The van der Waals surface area contributed by atoms with E-state index >= 15 is 0 Å². The summed E-state index contributed by atoms with van der Waals surface area (Å²) < 4.78 is 0. The maximum absolute atomic E-state index is 12.8. The standard InChI is InChI=1S/C20H23N5O3/c26-15-11-14(18(27)21-12-7-3-1-4-8-12)16-17(23-15)24-20(25-19(16)28)22-13-9-5-2-6-10-13/h2,5-6,9-10,12,14H,1,3-4,7-8,11H2,(H,21,27)(H3,22,23,24,25,26,28)/t14-/m1/s1. The van der Waals surface area contributed by atoms with Gasteiger partial charge < -0.3 is 16.0 Å². The third-order valence-corrected chi connectivity index (χ3v) is 5.26. The number of H-pyrrole nitrogens is 1. The molecular formula is C20H23N5O3. The molecule has 4 rings (SSSR count). The van der Waals surface area contributed by atoms with Crippen molar-refractivity contribution < 1.29 is 9.59 Å². The van der Waals surface area contributed by atoms with E-state index in [2.05, 4.69) is 25.9 Å². The van der Waals surface area contributed by atoms with Gasteiger partial charge in [0.2, 0.25) is 17.8 Å². The second-order valence-corrected chi connectivity index (χ2v) is 7.32. The lowest BCUT2D eigenvalue weighted by Gasteiger charge is -2.27. The molecule has 1 aromatic carbocycles. The quantitative estimate of drug-likeness (QED) is 0.649. The Hall–Kier alpha value is -3.16. The van der Waals surface area contributed by atoms with Gasteiger partial charge in [0.05, 0.1) is 11.5 Å². The van der Waals surface area contributed by atoms with Crippen LogP contribution in [0.2, 0.25) is 0 Å². The first-order chi connectivity index (χ1) is 13.6. The number of carbonyl (C=O) groups is 2. The van der Waals surface area contributed by atoms with Crippen molar-refractivity contribution in [3.05, 3.63) is 46.2 Å². The first-order valence-electron chi connectivity index (χ1n) is 9.66. The molecule has 146 valence electrons.